The van der Waals surface area contributed by atoms with Crippen LogP contribution >= 0.6 is 0 Å². The van der Waals surface area contributed by atoms with Crippen molar-refractivity contribution < 1.29 is 14.3 Å². The van der Waals surface area contributed by atoms with Gasteiger partial charge < -0.3 is 19.1 Å². The van der Waals surface area contributed by atoms with Crippen LogP contribution < -0.4 is 0 Å². The van der Waals surface area contributed by atoms with Crippen molar-refractivity contribution in [3.8, 4) is 0 Å². The number of rotatable bonds is 8. The molecule has 1 aliphatic heterocycles. The Kier molecular flexibility index (Phi) is 7.43. The molecule has 0 unspecified atom stereocenters. The van der Waals surface area contributed by atoms with Crippen LogP contribution in [-0.4, -0.2) is 70.6 Å². The predicted octanol–water partition coefficient (Wildman–Crippen LogP) is 1.32. The van der Waals surface area contributed by atoms with Gasteiger partial charge in [-0.05, 0) is 33.4 Å². The number of likely N-dealkylation sites (tertiary alicyclic amines) is 1. The Morgan fingerprint density at radius 2 is 2.04 bits per heavy atom. The molecule has 140 valence electrons. The van der Waals surface area contributed by atoms with Crippen molar-refractivity contribution in [3.63, 3.8) is 0 Å². The van der Waals surface area contributed by atoms with Crippen LogP contribution in [0.3, 0.4) is 0 Å². The molecule has 0 aliphatic carbocycles. The quantitative estimate of drug-likeness (QED) is 0.662. The standard InChI is InChI=1S/C18H30N4O3/c1-4-20(3)15-8-11-21(12-9-15)17(23)7-6-16-19-10-13-22(16)14-18(24)25-5-2/h10,13,15H,4-9,11-12,14H2,1-3H3. The Bertz CT molecular complexity index is 564. The van der Waals surface area contributed by atoms with Gasteiger partial charge in [-0.3, -0.25) is 9.59 Å². The number of amides is 1. The number of carbonyl (C=O) groups is 2. The number of aryl methyl sites for hydroxylation is 1. The summed E-state index contributed by atoms with van der Waals surface area (Å²) in [6.07, 6.45) is 6.45. The first-order valence-corrected chi connectivity index (χ1v) is 9.18. The van der Waals surface area contributed by atoms with Gasteiger partial charge in [0.05, 0.1) is 6.61 Å². The average molecular weight is 350 g/mol. The van der Waals surface area contributed by atoms with Gasteiger partial charge in [-0.25, -0.2) is 4.98 Å². The van der Waals surface area contributed by atoms with E-state index < -0.39 is 0 Å². The summed E-state index contributed by atoms with van der Waals surface area (Å²) in [5.74, 6) is 0.639. The van der Waals surface area contributed by atoms with Gasteiger partial charge in [0, 0.05) is 44.4 Å². The van der Waals surface area contributed by atoms with Crippen LogP contribution in [0.5, 0.6) is 0 Å². The highest BCUT2D eigenvalue weighted by Crippen LogP contribution is 2.16. The van der Waals surface area contributed by atoms with Crippen molar-refractivity contribution >= 4 is 11.9 Å². The molecule has 0 bridgehead atoms. The fourth-order valence-corrected chi connectivity index (χ4v) is 3.25. The maximum absolute atomic E-state index is 12.5. The third-order valence-electron chi connectivity index (χ3n) is 4.91. The van der Waals surface area contributed by atoms with Crippen LogP contribution in [-0.2, 0) is 27.3 Å². The van der Waals surface area contributed by atoms with E-state index in [1.807, 2.05) is 4.90 Å². The number of carbonyl (C=O) groups excluding carboxylic acids is 2. The molecule has 0 radical (unpaired) electrons. The Hall–Kier alpha value is -1.89. The van der Waals surface area contributed by atoms with Crippen molar-refractivity contribution in [1.29, 1.82) is 0 Å². The van der Waals surface area contributed by atoms with Gasteiger partial charge in [0.15, 0.2) is 0 Å². The fourth-order valence-electron chi connectivity index (χ4n) is 3.25. The third-order valence-corrected chi connectivity index (χ3v) is 4.91. The number of imidazole rings is 1. The van der Waals surface area contributed by atoms with E-state index in [-0.39, 0.29) is 18.4 Å². The molecular weight excluding hydrogens is 320 g/mol. The lowest BCUT2D eigenvalue weighted by Gasteiger charge is -2.36. The van der Waals surface area contributed by atoms with Crippen molar-refractivity contribution in [2.45, 2.75) is 52.1 Å². The van der Waals surface area contributed by atoms with Crippen LogP contribution in [0.4, 0.5) is 0 Å². The average Bonchev–Trinajstić information content (AvgIpc) is 3.06. The van der Waals surface area contributed by atoms with Crippen LogP contribution in [0, 0.1) is 0 Å². The smallest absolute Gasteiger partial charge is 0.325 e. The van der Waals surface area contributed by atoms with E-state index in [1.54, 1.807) is 23.9 Å². The number of nitrogens with zero attached hydrogens (tertiary/aromatic N) is 4. The highest BCUT2D eigenvalue weighted by Gasteiger charge is 2.24. The van der Waals surface area contributed by atoms with E-state index in [4.69, 9.17) is 4.74 Å². The normalized spacial score (nSPS) is 15.6. The van der Waals surface area contributed by atoms with Crippen molar-refractivity contribution in [3.05, 3.63) is 18.2 Å². The summed E-state index contributed by atoms with van der Waals surface area (Å²) in [7, 11) is 2.14. The highest BCUT2D eigenvalue weighted by atomic mass is 16.5. The lowest BCUT2D eigenvalue weighted by atomic mass is 10.0. The van der Waals surface area contributed by atoms with E-state index in [0.717, 1.165) is 38.3 Å². The second-order valence-electron chi connectivity index (χ2n) is 6.46. The number of hydrogen-bond donors (Lipinski definition) is 0. The summed E-state index contributed by atoms with van der Waals surface area (Å²) < 4.78 is 6.72. The minimum absolute atomic E-state index is 0.145. The van der Waals surface area contributed by atoms with Gasteiger partial charge in [-0.2, -0.15) is 0 Å². The number of esters is 1. The van der Waals surface area contributed by atoms with Gasteiger partial charge in [0.1, 0.15) is 12.4 Å². The Labute approximate surface area is 149 Å². The van der Waals surface area contributed by atoms with E-state index in [0.29, 0.717) is 25.5 Å². The molecule has 2 rings (SSSR count). The minimum atomic E-state index is -0.282. The van der Waals surface area contributed by atoms with Crippen LogP contribution in [0.1, 0.15) is 38.9 Å². The van der Waals surface area contributed by atoms with Crippen molar-refractivity contribution in [2.75, 3.05) is 33.3 Å². The molecule has 1 aliphatic rings. The van der Waals surface area contributed by atoms with E-state index in [1.165, 1.54) is 0 Å². The van der Waals surface area contributed by atoms with Gasteiger partial charge in [0.25, 0.3) is 0 Å². The molecule has 2 heterocycles. The van der Waals surface area contributed by atoms with Crippen molar-refractivity contribution in [1.82, 2.24) is 19.4 Å². The molecule has 1 fully saturated rings. The summed E-state index contributed by atoms with van der Waals surface area (Å²) in [4.78, 5) is 32.7. The summed E-state index contributed by atoms with van der Waals surface area (Å²) in [6, 6.07) is 0.581. The molecule has 0 spiro atoms. The first-order valence-electron chi connectivity index (χ1n) is 9.18. The summed E-state index contributed by atoms with van der Waals surface area (Å²) in [5, 5.41) is 0. The summed E-state index contributed by atoms with van der Waals surface area (Å²) >= 11 is 0. The van der Waals surface area contributed by atoms with Gasteiger partial charge >= 0.3 is 5.97 Å². The molecule has 1 amide bonds. The lowest BCUT2D eigenvalue weighted by Crippen LogP contribution is -2.45. The predicted molar refractivity (Wildman–Crippen MR) is 95.1 cm³/mol. The molecule has 0 aromatic carbocycles. The zero-order chi connectivity index (χ0) is 18.2. The van der Waals surface area contributed by atoms with E-state index in [9.17, 15) is 9.59 Å². The molecule has 7 nitrogen and oxygen atoms in total. The number of aromatic nitrogens is 2. The number of hydrogen-bond acceptors (Lipinski definition) is 5. The molecule has 0 N–H and O–H groups in total. The zero-order valence-electron chi connectivity index (χ0n) is 15.6. The maximum atomic E-state index is 12.5. The molecule has 7 heteroatoms. The molecular formula is C18H30N4O3. The largest absolute Gasteiger partial charge is 0.465 e. The number of piperidine rings is 1. The second kappa shape index (κ2) is 9.56. The summed E-state index contributed by atoms with van der Waals surface area (Å²) in [6.45, 7) is 7.15. The first-order chi connectivity index (χ1) is 12.0. The lowest BCUT2D eigenvalue weighted by molar-refractivity contribution is -0.143. The SMILES string of the molecule is CCOC(=O)Cn1ccnc1CCC(=O)N1CCC(N(C)CC)CC1. The van der Waals surface area contributed by atoms with Crippen LogP contribution in [0.25, 0.3) is 0 Å². The second-order valence-corrected chi connectivity index (χ2v) is 6.46. The minimum Gasteiger partial charge on any atom is -0.465 e. The third kappa shape index (κ3) is 5.56. The molecule has 0 atom stereocenters. The van der Waals surface area contributed by atoms with E-state index in [2.05, 4.69) is 23.9 Å². The topological polar surface area (TPSA) is 67.7 Å². The molecule has 25 heavy (non-hydrogen) atoms. The molecule has 1 aromatic heterocycles. The van der Waals surface area contributed by atoms with Gasteiger partial charge in [-0.1, -0.05) is 6.92 Å². The Balaban J connectivity index is 1.79. The van der Waals surface area contributed by atoms with Crippen LogP contribution in [0.2, 0.25) is 0 Å². The highest BCUT2D eigenvalue weighted by molar-refractivity contribution is 5.76. The fraction of sp³-hybridized carbons (Fsp3) is 0.722. The monoisotopic (exact) mass is 350 g/mol. The summed E-state index contributed by atoms with van der Waals surface area (Å²) in [5.41, 5.74) is 0. The molecule has 1 aromatic rings. The van der Waals surface area contributed by atoms with Crippen LogP contribution in [0.15, 0.2) is 12.4 Å². The molecule has 0 saturated carbocycles. The van der Waals surface area contributed by atoms with Crippen molar-refractivity contribution in [2.24, 2.45) is 0 Å². The zero-order valence-corrected chi connectivity index (χ0v) is 15.6. The Morgan fingerprint density at radius 1 is 1.32 bits per heavy atom. The molecule has 1 saturated heterocycles. The van der Waals surface area contributed by atoms with Gasteiger partial charge in [0.2, 0.25) is 5.91 Å². The first kappa shape index (κ1) is 19.4. The Morgan fingerprint density at radius 3 is 2.68 bits per heavy atom. The van der Waals surface area contributed by atoms with E-state index >= 15 is 0 Å². The van der Waals surface area contributed by atoms with Gasteiger partial charge in [-0.15, -0.1) is 0 Å². The maximum Gasteiger partial charge on any atom is 0.325 e. The number of ether oxygens (including phenoxy) is 1.